The molecule has 1 saturated carbocycles. The van der Waals surface area contributed by atoms with Gasteiger partial charge in [0.25, 0.3) is 0 Å². The summed E-state index contributed by atoms with van der Waals surface area (Å²) in [6.07, 6.45) is 13.6. The Morgan fingerprint density at radius 3 is 2.53 bits per heavy atom. The third-order valence-corrected chi connectivity index (χ3v) is 3.53. The lowest BCUT2D eigenvalue weighted by atomic mass is 9.96. The SMILES string of the molecule is CCC(C1CCCC1)n1cc[n+](C)c1.[Cl-]. The van der Waals surface area contributed by atoms with E-state index >= 15 is 0 Å². The van der Waals surface area contributed by atoms with Crippen LogP contribution in [0.3, 0.4) is 0 Å². The molecule has 1 heterocycles. The van der Waals surface area contributed by atoms with Crippen LogP contribution in [0.2, 0.25) is 0 Å². The van der Waals surface area contributed by atoms with Crippen LogP contribution in [-0.4, -0.2) is 4.57 Å². The maximum absolute atomic E-state index is 2.40. The van der Waals surface area contributed by atoms with Crippen molar-refractivity contribution in [3.8, 4) is 0 Å². The molecule has 86 valence electrons. The maximum atomic E-state index is 2.40. The van der Waals surface area contributed by atoms with Gasteiger partial charge >= 0.3 is 0 Å². The molecule has 1 aromatic rings. The summed E-state index contributed by atoms with van der Waals surface area (Å²) in [5, 5.41) is 0. The summed E-state index contributed by atoms with van der Waals surface area (Å²) >= 11 is 0. The summed E-state index contributed by atoms with van der Waals surface area (Å²) in [6, 6.07) is 0.735. The normalized spacial score (nSPS) is 18.8. The first-order valence-electron chi connectivity index (χ1n) is 5.84. The number of aryl methyl sites for hydroxylation is 1. The molecule has 0 aromatic carbocycles. The minimum absolute atomic E-state index is 0. The Hall–Kier alpha value is -0.500. The fraction of sp³-hybridized carbons (Fsp3) is 0.750. The van der Waals surface area contributed by atoms with E-state index in [1.54, 1.807) is 0 Å². The lowest BCUT2D eigenvalue weighted by Gasteiger charge is -2.18. The highest BCUT2D eigenvalue weighted by molar-refractivity contribution is 4.82. The smallest absolute Gasteiger partial charge is 0.243 e. The molecule has 0 bridgehead atoms. The van der Waals surface area contributed by atoms with Gasteiger partial charge in [-0.15, -0.1) is 0 Å². The van der Waals surface area contributed by atoms with Gasteiger partial charge in [-0.1, -0.05) is 19.8 Å². The monoisotopic (exact) mass is 228 g/mol. The van der Waals surface area contributed by atoms with Crippen LogP contribution in [0.25, 0.3) is 0 Å². The molecule has 0 spiro atoms. The maximum Gasteiger partial charge on any atom is 0.243 e. The van der Waals surface area contributed by atoms with Crippen LogP contribution in [0.15, 0.2) is 18.7 Å². The molecule has 2 rings (SSSR count). The number of imidazole rings is 1. The Morgan fingerprint density at radius 2 is 2.07 bits per heavy atom. The van der Waals surface area contributed by atoms with E-state index in [4.69, 9.17) is 0 Å². The summed E-state index contributed by atoms with van der Waals surface area (Å²) in [5.41, 5.74) is 0. The summed E-state index contributed by atoms with van der Waals surface area (Å²) in [5.74, 6) is 0.924. The second-order valence-electron chi connectivity index (χ2n) is 4.55. The zero-order chi connectivity index (χ0) is 9.97. The third kappa shape index (κ3) is 2.75. The molecular weight excluding hydrogens is 208 g/mol. The van der Waals surface area contributed by atoms with Crippen molar-refractivity contribution < 1.29 is 17.0 Å². The van der Waals surface area contributed by atoms with Crippen LogP contribution in [0.5, 0.6) is 0 Å². The standard InChI is InChI=1S/C12H21N2.ClH/c1-3-12(11-6-4-5-7-11)14-9-8-13(2)10-14;/h8-12H,3-7H2,1-2H3;1H/q+1;/p-1. The average molecular weight is 229 g/mol. The van der Waals surface area contributed by atoms with Gasteiger partial charge < -0.3 is 12.4 Å². The van der Waals surface area contributed by atoms with Gasteiger partial charge in [0.15, 0.2) is 0 Å². The number of aromatic nitrogens is 2. The fourth-order valence-electron chi connectivity index (χ4n) is 2.80. The second-order valence-corrected chi connectivity index (χ2v) is 4.55. The summed E-state index contributed by atoms with van der Waals surface area (Å²) in [6.45, 7) is 2.31. The molecule has 3 heteroatoms. The molecule has 1 atom stereocenters. The molecule has 0 radical (unpaired) electrons. The van der Waals surface area contributed by atoms with Crippen LogP contribution < -0.4 is 17.0 Å². The van der Waals surface area contributed by atoms with Gasteiger partial charge in [0.1, 0.15) is 18.4 Å². The molecular formula is C12H21ClN2. The molecule has 1 unspecified atom stereocenters. The molecule has 0 N–H and O–H groups in total. The Labute approximate surface area is 98.7 Å². The topological polar surface area (TPSA) is 8.81 Å². The van der Waals surface area contributed by atoms with Crippen molar-refractivity contribution in [1.29, 1.82) is 0 Å². The first-order valence-corrected chi connectivity index (χ1v) is 5.84. The van der Waals surface area contributed by atoms with Gasteiger partial charge in [0.2, 0.25) is 6.33 Å². The molecule has 15 heavy (non-hydrogen) atoms. The van der Waals surface area contributed by atoms with Crippen molar-refractivity contribution in [2.75, 3.05) is 0 Å². The molecule has 0 saturated heterocycles. The van der Waals surface area contributed by atoms with Gasteiger partial charge in [-0.3, -0.25) is 0 Å². The first kappa shape index (κ1) is 12.6. The van der Waals surface area contributed by atoms with Crippen molar-refractivity contribution in [3.05, 3.63) is 18.7 Å². The quantitative estimate of drug-likeness (QED) is 0.615. The Morgan fingerprint density at radius 1 is 1.40 bits per heavy atom. The van der Waals surface area contributed by atoms with Gasteiger partial charge in [0, 0.05) is 0 Å². The van der Waals surface area contributed by atoms with Crippen LogP contribution in [0, 0.1) is 5.92 Å². The van der Waals surface area contributed by atoms with Gasteiger partial charge in [0.05, 0.1) is 7.05 Å². The fourth-order valence-corrected chi connectivity index (χ4v) is 2.80. The van der Waals surface area contributed by atoms with E-state index in [1.165, 1.54) is 32.1 Å². The average Bonchev–Trinajstić information content (AvgIpc) is 2.79. The lowest BCUT2D eigenvalue weighted by Crippen LogP contribution is -3.00. The summed E-state index contributed by atoms with van der Waals surface area (Å²) < 4.78 is 4.54. The van der Waals surface area contributed by atoms with E-state index in [9.17, 15) is 0 Å². The van der Waals surface area contributed by atoms with Gasteiger partial charge in [-0.25, -0.2) is 9.13 Å². The van der Waals surface area contributed by atoms with Crippen LogP contribution in [0.1, 0.15) is 45.1 Å². The molecule has 1 aliphatic rings. The van der Waals surface area contributed by atoms with E-state index in [0.717, 1.165) is 12.0 Å². The predicted octanol–water partition coefficient (Wildman–Crippen LogP) is -0.542. The Balaban J connectivity index is 0.00000112. The zero-order valence-electron chi connectivity index (χ0n) is 9.69. The van der Waals surface area contributed by atoms with E-state index in [2.05, 4.69) is 41.8 Å². The minimum Gasteiger partial charge on any atom is -1.00 e. The molecule has 1 aliphatic carbocycles. The highest BCUT2D eigenvalue weighted by atomic mass is 35.5. The third-order valence-electron chi connectivity index (χ3n) is 3.53. The van der Waals surface area contributed by atoms with Crippen molar-refractivity contribution in [2.24, 2.45) is 13.0 Å². The van der Waals surface area contributed by atoms with Crippen molar-refractivity contribution in [2.45, 2.75) is 45.1 Å². The molecule has 0 aliphatic heterocycles. The van der Waals surface area contributed by atoms with Crippen LogP contribution in [-0.2, 0) is 7.05 Å². The number of halogens is 1. The number of hydrogen-bond acceptors (Lipinski definition) is 0. The summed E-state index contributed by atoms with van der Waals surface area (Å²) in [7, 11) is 2.10. The van der Waals surface area contributed by atoms with Crippen molar-refractivity contribution in [3.63, 3.8) is 0 Å². The molecule has 1 fully saturated rings. The van der Waals surface area contributed by atoms with Gasteiger partial charge in [-0.05, 0) is 25.2 Å². The van der Waals surface area contributed by atoms with Crippen LogP contribution >= 0.6 is 0 Å². The van der Waals surface area contributed by atoms with Crippen LogP contribution in [0.4, 0.5) is 0 Å². The number of hydrogen-bond donors (Lipinski definition) is 0. The summed E-state index contributed by atoms with van der Waals surface area (Å²) in [4.78, 5) is 0. The van der Waals surface area contributed by atoms with E-state index in [-0.39, 0.29) is 12.4 Å². The zero-order valence-corrected chi connectivity index (χ0v) is 10.5. The largest absolute Gasteiger partial charge is 1.00 e. The number of nitrogens with zero attached hydrogens (tertiary/aromatic N) is 2. The van der Waals surface area contributed by atoms with E-state index < -0.39 is 0 Å². The van der Waals surface area contributed by atoms with E-state index in [0.29, 0.717) is 0 Å². The molecule has 2 nitrogen and oxygen atoms in total. The van der Waals surface area contributed by atoms with E-state index in [1.807, 2.05) is 0 Å². The Kier molecular flexibility index (Phi) is 4.65. The predicted molar refractivity (Wildman–Crippen MR) is 56.9 cm³/mol. The van der Waals surface area contributed by atoms with Crippen molar-refractivity contribution in [1.82, 2.24) is 4.57 Å². The highest BCUT2D eigenvalue weighted by Crippen LogP contribution is 2.35. The minimum atomic E-state index is 0. The van der Waals surface area contributed by atoms with Crippen molar-refractivity contribution >= 4 is 0 Å². The lowest BCUT2D eigenvalue weighted by molar-refractivity contribution is -0.671. The van der Waals surface area contributed by atoms with Gasteiger partial charge in [-0.2, -0.15) is 0 Å². The second kappa shape index (κ2) is 5.55. The number of rotatable bonds is 3. The Bertz CT molecular complexity index is 290. The molecule has 0 amide bonds. The molecule has 1 aromatic heterocycles. The first-order chi connectivity index (χ1) is 6.81. The highest BCUT2D eigenvalue weighted by Gasteiger charge is 2.27.